The van der Waals surface area contributed by atoms with E-state index in [0.717, 1.165) is 38.2 Å². The van der Waals surface area contributed by atoms with Gasteiger partial charge < -0.3 is 15.1 Å². The first-order chi connectivity index (χ1) is 12.5. The molecular formula is C20H27N5O. The molecule has 0 fully saturated rings. The van der Waals surface area contributed by atoms with Gasteiger partial charge in [-0.3, -0.25) is 4.79 Å². The Morgan fingerprint density at radius 3 is 2.77 bits per heavy atom. The minimum Gasteiger partial charge on any atom is -0.351 e. The van der Waals surface area contributed by atoms with Crippen molar-refractivity contribution in [3.63, 3.8) is 0 Å². The molecule has 0 radical (unpaired) electrons. The quantitative estimate of drug-likeness (QED) is 0.805. The Bertz CT molecular complexity index is 775. The first-order valence-corrected chi connectivity index (χ1v) is 9.13. The van der Waals surface area contributed by atoms with Gasteiger partial charge >= 0.3 is 0 Å². The molecule has 0 spiro atoms. The standard InChI is InChI=1S/C20H27N5O/c1-15-13-18(19(26)21-10-6-11-24(2)3)23-20(22-15)25-12-9-16-7-4-5-8-17(16)14-25/h4-5,7-8,13H,6,9-12,14H2,1-3H3,(H,21,26). The SMILES string of the molecule is Cc1cc(C(=O)NCCCN(C)C)nc(N2CCc3ccccc3C2)n1. The summed E-state index contributed by atoms with van der Waals surface area (Å²) in [5.41, 5.74) is 3.94. The minimum absolute atomic E-state index is 0.132. The van der Waals surface area contributed by atoms with Gasteiger partial charge in [0.15, 0.2) is 0 Å². The number of fused-ring (bicyclic) bond motifs is 1. The van der Waals surface area contributed by atoms with Crippen LogP contribution in [0.25, 0.3) is 0 Å². The van der Waals surface area contributed by atoms with E-state index in [1.54, 1.807) is 6.07 Å². The molecule has 2 heterocycles. The van der Waals surface area contributed by atoms with Gasteiger partial charge in [-0.15, -0.1) is 0 Å². The summed E-state index contributed by atoms with van der Waals surface area (Å²) in [7, 11) is 4.05. The van der Waals surface area contributed by atoms with Crippen molar-refractivity contribution < 1.29 is 4.79 Å². The van der Waals surface area contributed by atoms with Crippen molar-refractivity contribution in [2.75, 3.05) is 38.6 Å². The molecule has 6 heteroatoms. The number of nitrogens with zero attached hydrogens (tertiary/aromatic N) is 4. The molecule has 1 N–H and O–H groups in total. The molecule has 1 aromatic carbocycles. The largest absolute Gasteiger partial charge is 0.351 e. The summed E-state index contributed by atoms with van der Waals surface area (Å²) < 4.78 is 0. The van der Waals surface area contributed by atoms with Crippen molar-refractivity contribution in [2.24, 2.45) is 0 Å². The predicted molar refractivity (Wildman–Crippen MR) is 103 cm³/mol. The number of aromatic nitrogens is 2. The second-order valence-corrected chi connectivity index (χ2v) is 7.05. The Morgan fingerprint density at radius 1 is 1.23 bits per heavy atom. The molecule has 3 rings (SSSR count). The fourth-order valence-electron chi connectivity index (χ4n) is 3.16. The minimum atomic E-state index is -0.132. The second kappa shape index (κ2) is 8.27. The topological polar surface area (TPSA) is 61.4 Å². The third-order valence-electron chi connectivity index (χ3n) is 4.56. The predicted octanol–water partition coefficient (Wildman–Crippen LogP) is 2.03. The van der Waals surface area contributed by atoms with E-state index in [9.17, 15) is 4.79 Å². The lowest BCUT2D eigenvalue weighted by Crippen LogP contribution is -2.33. The first kappa shape index (κ1) is 18.3. The maximum absolute atomic E-state index is 12.4. The van der Waals surface area contributed by atoms with Crippen molar-refractivity contribution in [1.82, 2.24) is 20.2 Å². The number of hydrogen-bond acceptors (Lipinski definition) is 5. The molecular weight excluding hydrogens is 326 g/mol. The van der Waals surface area contributed by atoms with Gasteiger partial charge in [-0.25, -0.2) is 9.97 Å². The van der Waals surface area contributed by atoms with E-state index in [4.69, 9.17) is 0 Å². The number of carbonyl (C=O) groups excluding carboxylic acids is 1. The van der Waals surface area contributed by atoms with Gasteiger partial charge in [0.1, 0.15) is 5.69 Å². The highest BCUT2D eigenvalue weighted by Gasteiger charge is 2.20. The monoisotopic (exact) mass is 353 g/mol. The summed E-state index contributed by atoms with van der Waals surface area (Å²) in [5, 5.41) is 2.95. The molecule has 0 saturated heterocycles. The fraction of sp³-hybridized carbons (Fsp3) is 0.450. The Labute approximate surface area is 155 Å². The van der Waals surface area contributed by atoms with Crippen LogP contribution >= 0.6 is 0 Å². The normalized spacial score (nSPS) is 13.6. The van der Waals surface area contributed by atoms with Crippen molar-refractivity contribution in [3.8, 4) is 0 Å². The van der Waals surface area contributed by atoms with Crippen LogP contribution in [-0.4, -0.2) is 54.5 Å². The van der Waals surface area contributed by atoms with Crippen molar-refractivity contribution in [2.45, 2.75) is 26.3 Å². The number of hydrogen-bond donors (Lipinski definition) is 1. The van der Waals surface area contributed by atoms with Crippen LogP contribution < -0.4 is 10.2 Å². The van der Waals surface area contributed by atoms with Crippen molar-refractivity contribution in [3.05, 3.63) is 52.8 Å². The third kappa shape index (κ3) is 4.58. The molecule has 26 heavy (non-hydrogen) atoms. The highest BCUT2D eigenvalue weighted by molar-refractivity contribution is 5.92. The van der Waals surface area contributed by atoms with E-state index in [0.29, 0.717) is 18.2 Å². The van der Waals surface area contributed by atoms with Crippen LogP contribution in [0, 0.1) is 6.92 Å². The first-order valence-electron chi connectivity index (χ1n) is 9.13. The Kier molecular flexibility index (Phi) is 5.83. The van der Waals surface area contributed by atoms with E-state index in [-0.39, 0.29) is 5.91 Å². The van der Waals surface area contributed by atoms with Crippen LogP contribution in [0.1, 0.15) is 33.7 Å². The van der Waals surface area contributed by atoms with Crippen LogP contribution in [0.15, 0.2) is 30.3 Å². The maximum atomic E-state index is 12.4. The van der Waals surface area contributed by atoms with E-state index in [1.807, 2.05) is 21.0 Å². The van der Waals surface area contributed by atoms with Gasteiger partial charge in [-0.2, -0.15) is 0 Å². The summed E-state index contributed by atoms with van der Waals surface area (Å²) in [5.74, 6) is 0.505. The molecule has 138 valence electrons. The van der Waals surface area contributed by atoms with Crippen LogP contribution in [0.3, 0.4) is 0 Å². The van der Waals surface area contributed by atoms with Gasteiger partial charge in [-0.05, 0) is 57.6 Å². The van der Waals surface area contributed by atoms with E-state index in [2.05, 4.69) is 49.4 Å². The summed E-state index contributed by atoms with van der Waals surface area (Å²) in [6, 6.07) is 10.2. The molecule has 1 aliphatic rings. The molecule has 0 aliphatic carbocycles. The number of nitrogens with one attached hydrogen (secondary N) is 1. The molecule has 1 aromatic heterocycles. The van der Waals surface area contributed by atoms with Gasteiger partial charge in [0.2, 0.25) is 5.95 Å². The lowest BCUT2D eigenvalue weighted by Gasteiger charge is -2.29. The van der Waals surface area contributed by atoms with Crippen LogP contribution in [0.5, 0.6) is 0 Å². The molecule has 1 aliphatic heterocycles. The van der Waals surface area contributed by atoms with Gasteiger partial charge in [0, 0.05) is 25.3 Å². The number of aryl methyl sites for hydroxylation is 1. The van der Waals surface area contributed by atoms with Crippen LogP contribution in [-0.2, 0) is 13.0 Å². The number of benzene rings is 1. The van der Waals surface area contributed by atoms with Gasteiger partial charge in [0.25, 0.3) is 5.91 Å². The summed E-state index contributed by atoms with van der Waals surface area (Å²) in [6.07, 6.45) is 1.89. The summed E-state index contributed by atoms with van der Waals surface area (Å²) in [4.78, 5) is 25.8. The number of carbonyl (C=O) groups is 1. The molecule has 0 bridgehead atoms. The molecule has 0 atom stereocenters. The molecule has 0 saturated carbocycles. The summed E-state index contributed by atoms with van der Waals surface area (Å²) >= 11 is 0. The maximum Gasteiger partial charge on any atom is 0.270 e. The highest BCUT2D eigenvalue weighted by atomic mass is 16.1. The second-order valence-electron chi connectivity index (χ2n) is 7.05. The van der Waals surface area contributed by atoms with Crippen LogP contribution in [0.4, 0.5) is 5.95 Å². The molecule has 2 aromatic rings. The lowest BCUT2D eigenvalue weighted by atomic mass is 10.0. The van der Waals surface area contributed by atoms with E-state index < -0.39 is 0 Å². The Hall–Kier alpha value is -2.47. The van der Waals surface area contributed by atoms with Crippen molar-refractivity contribution in [1.29, 1.82) is 0 Å². The molecule has 6 nitrogen and oxygen atoms in total. The smallest absolute Gasteiger partial charge is 0.270 e. The Morgan fingerprint density at radius 2 is 2.00 bits per heavy atom. The zero-order valence-corrected chi connectivity index (χ0v) is 15.8. The van der Waals surface area contributed by atoms with E-state index >= 15 is 0 Å². The highest BCUT2D eigenvalue weighted by Crippen LogP contribution is 2.22. The fourth-order valence-corrected chi connectivity index (χ4v) is 3.16. The van der Waals surface area contributed by atoms with Crippen LogP contribution in [0.2, 0.25) is 0 Å². The Balaban J connectivity index is 1.69. The zero-order valence-electron chi connectivity index (χ0n) is 15.8. The molecule has 0 unspecified atom stereocenters. The van der Waals surface area contributed by atoms with E-state index in [1.165, 1.54) is 11.1 Å². The number of anilines is 1. The van der Waals surface area contributed by atoms with Crippen molar-refractivity contribution >= 4 is 11.9 Å². The summed E-state index contributed by atoms with van der Waals surface area (Å²) in [6.45, 7) is 5.15. The zero-order chi connectivity index (χ0) is 18.5. The van der Waals surface area contributed by atoms with Gasteiger partial charge in [0.05, 0.1) is 0 Å². The van der Waals surface area contributed by atoms with Gasteiger partial charge in [-0.1, -0.05) is 24.3 Å². The molecule has 1 amide bonds. The lowest BCUT2D eigenvalue weighted by molar-refractivity contribution is 0.0947. The number of rotatable bonds is 6. The average molecular weight is 353 g/mol. The average Bonchev–Trinajstić information content (AvgIpc) is 2.64. The third-order valence-corrected chi connectivity index (χ3v) is 4.56. The number of amides is 1.